The molecule has 4 nitrogen and oxygen atoms in total. The average molecular weight is 313 g/mol. The maximum Gasteiger partial charge on any atom is 0.221 e. The van der Waals surface area contributed by atoms with E-state index in [1.54, 1.807) is 0 Å². The molecule has 0 atom stereocenters. The smallest absolute Gasteiger partial charge is 0.221 e. The summed E-state index contributed by atoms with van der Waals surface area (Å²) in [7, 11) is 0. The number of thiocarbonyl (C=S) groups is 1. The Bertz CT molecular complexity index is 696. The molecule has 0 heterocycles. The summed E-state index contributed by atoms with van der Waals surface area (Å²) in [6.07, 6.45) is 0. The van der Waals surface area contributed by atoms with E-state index in [-0.39, 0.29) is 5.91 Å². The van der Waals surface area contributed by atoms with E-state index in [1.165, 1.54) is 12.5 Å². The summed E-state index contributed by atoms with van der Waals surface area (Å²) in [4.78, 5) is 11.0. The summed E-state index contributed by atoms with van der Waals surface area (Å²) < 4.78 is 0. The standard InChI is InChI=1S/C17H19N3OS/c1-11-4-5-12(2)16(10-11)20-17(22)19-15-8-6-14(7-9-15)18-13(3)21/h4-10H,1-3H3,(H,18,21)(H2,19,20,22). The summed E-state index contributed by atoms with van der Waals surface area (Å²) in [5.41, 5.74) is 4.92. The van der Waals surface area contributed by atoms with Gasteiger partial charge in [-0.05, 0) is 67.5 Å². The lowest BCUT2D eigenvalue weighted by Crippen LogP contribution is -2.19. The number of hydrogen-bond acceptors (Lipinski definition) is 2. The van der Waals surface area contributed by atoms with Gasteiger partial charge in [0.05, 0.1) is 0 Å². The number of anilines is 3. The van der Waals surface area contributed by atoms with E-state index in [0.29, 0.717) is 5.11 Å². The summed E-state index contributed by atoms with van der Waals surface area (Å²) in [5.74, 6) is -0.0900. The molecule has 0 unspecified atom stereocenters. The van der Waals surface area contributed by atoms with E-state index < -0.39 is 0 Å². The van der Waals surface area contributed by atoms with Crippen molar-refractivity contribution in [3.63, 3.8) is 0 Å². The van der Waals surface area contributed by atoms with Gasteiger partial charge in [-0.2, -0.15) is 0 Å². The van der Waals surface area contributed by atoms with Crippen LogP contribution in [0, 0.1) is 13.8 Å². The van der Waals surface area contributed by atoms with Crippen LogP contribution in [0.1, 0.15) is 18.1 Å². The fraction of sp³-hybridized carbons (Fsp3) is 0.176. The second kappa shape index (κ2) is 7.04. The van der Waals surface area contributed by atoms with Gasteiger partial charge < -0.3 is 16.0 Å². The third-order valence-corrected chi connectivity index (χ3v) is 3.31. The predicted molar refractivity (Wildman–Crippen MR) is 96.5 cm³/mol. The van der Waals surface area contributed by atoms with Gasteiger partial charge in [-0.15, -0.1) is 0 Å². The maximum atomic E-state index is 11.0. The molecule has 0 bridgehead atoms. The van der Waals surface area contributed by atoms with Crippen LogP contribution in [-0.2, 0) is 4.79 Å². The van der Waals surface area contributed by atoms with Crippen molar-refractivity contribution in [3.05, 3.63) is 53.6 Å². The highest BCUT2D eigenvalue weighted by atomic mass is 32.1. The number of carbonyl (C=O) groups excluding carboxylic acids is 1. The first-order valence-electron chi connectivity index (χ1n) is 6.97. The Kier molecular flexibility index (Phi) is 5.12. The van der Waals surface area contributed by atoms with Gasteiger partial charge in [-0.25, -0.2) is 0 Å². The molecule has 0 aliphatic heterocycles. The van der Waals surface area contributed by atoms with Crippen LogP contribution in [0.3, 0.4) is 0 Å². The van der Waals surface area contributed by atoms with Crippen LogP contribution in [0.4, 0.5) is 17.1 Å². The Labute approximate surface area is 135 Å². The quantitative estimate of drug-likeness (QED) is 0.748. The Morgan fingerprint density at radius 1 is 0.909 bits per heavy atom. The number of benzene rings is 2. The highest BCUT2D eigenvalue weighted by molar-refractivity contribution is 7.80. The molecule has 0 saturated carbocycles. The molecule has 114 valence electrons. The van der Waals surface area contributed by atoms with Crippen LogP contribution in [0.25, 0.3) is 0 Å². The molecule has 0 radical (unpaired) electrons. The van der Waals surface area contributed by atoms with Gasteiger partial charge in [-0.1, -0.05) is 12.1 Å². The molecule has 5 heteroatoms. The molecule has 3 N–H and O–H groups in total. The monoisotopic (exact) mass is 313 g/mol. The normalized spacial score (nSPS) is 9.95. The zero-order chi connectivity index (χ0) is 16.1. The van der Waals surface area contributed by atoms with Crippen molar-refractivity contribution in [2.24, 2.45) is 0 Å². The first-order chi connectivity index (χ1) is 10.4. The van der Waals surface area contributed by atoms with Crippen molar-refractivity contribution < 1.29 is 4.79 Å². The highest BCUT2D eigenvalue weighted by Crippen LogP contribution is 2.18. The van der Waals surface area contributed by atoms with Crippen LogP contribution < -0.4 is 16.0 Å². The molecule has 2 rings (SSSR count). The van der Waals surface area contributed by atoms with Gasteiger partial charge in [0.1, 0.15) is 0 Å². The van der Waals surface area contributed by atoms with Gasteiger partial charge >= 0.3 is 0 Å². The Morgan fingerprint density at radius 2 is 1.50 bits per heavy atom. The zero-order valence-electron chi connectivity index (χ0n) is 12.9. The second-order valence-corrected chi connectivity index (χ2v) is 5.56. The minimum Gasteiger partial charge on any atom is -0.332 e. The van der Waals surface area contributed by atoms with E-state index >= 15 is 0 Å². The fourth-order valence-corrected chi connectivity index (χ4v) is 2.22. The van der Waals surface area contributed by atoms with Crippen LogP contribution in [-0.4, -0.2) is 11.0 Å². The lowest BCUT2D eigenvalue weighted by atomic mass is 10.1. The minimum absolute atomic E-state index is 0.0900. The lowest BCUT2D eigenvalue weighted by Gasteiger charge is -2.13. The van der Waals surface area contributed by atoms with Crippen LogP contribution in [0.15, 0.2) is 42.5 Å². The molecule has 0 spiro atoms. The molecule has 2 aromatic carbocycles. The van der Waals surface area contributed by atoms with Crippen molar-refractivity contribution >= 4 is 40.3 Å². The lowest BCUT2D eigenvalue weighted by molar-refractivity contribution is -0.114. The SMILES string of the molecule is CC(=O)Nc1ccc(NC(=S)Nc2cc(C)ccc2C)cc1. The number of rotatable bonds is 3. The molecule has 0 saturated heterocycles. The number of aryl methyl sites for hydroxylation is 2. The average Bonchev–Trinajstić information content (AvgIpc) is 2.44. The Hall–Kier alpha value is -2.40. The van der Waals surface area contributed by atoms with Gasteiger partial charge in [0.2, 0.25) is 5.91 Å². The van der Waals surface area contributed by atoms with Crippen LogP contribution in [0.5, 0.6) is 0 Å². The van der Waals surface area contributed by atoms with E-state index in [9.17, 15) is 4.79 Å². The van der Waals surface area contributed by atoms with Gasteiger partial charge in [0.15, 0.2) is 5.11 Å². The molecule has 0 aliphatic rings. The van der Waals surface area contributed by atoms with Crippen molar-refractivity contribution in [1.29, 1.82) is 0 Å². The molecule has 1 amide bonds. The van der Waals surface area contributed by atoms with Crippen molar-refractivity contribution in [3.8, 4) is 0 Å². The molecular formula is C17H19N3OS. The first-order valence-corrected chi connectivity index (χ1v) is 7.38. The summed E-state index contributed by atoms with van der Waals surface area (Å²) in [6, 6.07) is 13.6. The minimum atomic E-state index is -0.0900. The number of carbonyl (C=O) groups is 1. The van der Waals surface area contributed by atoms with Crippen molar-refractivity contribution in [2.75, 3.05) is 16.0 Å². The van der Waals surface area contributed by atoms with E-state index in [4.69, 9.17) is 12.2 Å². The first kappa shape index (κ1) is 16.0. The molecule has 2 aromatic rings. The van der Waals surface area contributed by atoms with E-state index in [0.717, 1.165) is 22.6 Å². The van der Waals surface area contributed by atoms with E-state index in [2.05, 4.69) is 34.1 Å². The van der Waals surface area contributed by atoms with Crippen molar-refractivity contribution in [1.82, 2.24) is 0 Å². The molecule has 22 heavy (non-hydrogen) atoms. The largest absolute Gasteiger partial charge is 0.332 e. The summed E-state index contributed by atoms with van der Waals surface area (Å²) in [6.45, 7) is 5.56. The zero-order valence-corrected chi connectivity index (χ0v) is 13.7. The fourth-order valence-electron chi connectivity index (χ4n) is 2.00. The van der Waals surface area contributed by atoms with Crippen LogP contribution >= 0.6 is 12.2 Å². The maximum absolute atomic E-state index is 11.0. The number of nitrogens with one attached hydrogen (secondary N) is 3. The molecule has 0 fully saturated rings. The second-order valence-electron chi connectivity index (χ2n) is 5.16. The van der Waals surface area contributed by atoms with Crippen LogP contribution in [0.2, 0.25) is 0 Å². The Balaban J connectivity index is 1.99. The number of amides is 1. The van der Waals surface area contributed by atoms with Crippen molar-refractivity contribution in [2.45, 2.75) is 20.8 Å². The molecule has 0 aliphatic carbocycles. The van der Waals surface area contributed by atoms with E-state index in [1.807, 2.05) is 38.1 Å². The number of hydrogen-bond donors (Lipinski definition) is 3. The molecular weight excluding hydrogens is 294 g/mol. The third kappa shape index (κ3) is 4.56. The summed E-state index contributed by atoms with van der Waals surface area (Å²) >= 11 is 5.33. The Morgan fingerprint density at radius 3 is 2.09 bits per heavy atom. The van der Waals surface area contributed by atoms with Gasteiger partial charge in [-0.3, -0.25) is 4.79 Å². The highest BCUT2D eigenvalue weighted by Gasteiger charge is 2.03. The molecule has 0 aromatic heterocycles. The van der Waals surface area contributed by atoms with Gasteiger partial charge in [0.25, 0.3) is 0 Å². The predicted octanol–water partition coefficient (Wildman–Crippen LogP) is 4.07. The topological polar surface area (TPSA) is 53.2 Å². The summed E-state index contributed by atoms with van der Waals surface area (Å²) in [5, 5.41) is 9.57. The van der Waals surface area contributed by atoms with Gasteiger partial charge in [0, 0.05) is 24.0 Å². The third-order valence-electron chi connectivity index (χ3n) is 3.10.